The van der Waals surface area contributed by atoms with E-state index in [1.807, 2.05) is 19.1 Å². The summed E-state index contributed by atoms with van der Waals surface area (Å²) in [6, 6.07) is 13.6. The Kier molecular flexibility index (Phi) is 6.01. The summed E-state index contributed by atoms with van der Waals surface area (Å²) < 4.78 is 28.1. The molecule has 0 aliphatic heterocycles. The molecule has 2 rings (SSSR count). The number of carboxylic acid groups (broad SMARTS) is 1. The summed E-state index contributed by atoms with van der Waals surface area (Å²) in [4.78, 5) is 10.9. The number of aliphatic carboxylic acids is 1. The number of benzene rings is 2. The first-order valence-corrected chi connectivity index (χ1v) is 9.61. The van der Waals surface area contributed by atoms with Gasteiger partial charge in [-0.3, -0.25) is 9.10 Å². The molecule has 0 aromatic heterocycles. The summed E-state index contributed by atoms with van der Waals surface area (Å²) in [5.41, 5.74) is 1.37. The van der Waals surface area contributed by atoms with Gasteiger partial charge in [-0.05, 0) is 49.2 Å². The van der Waals surface area contributed by atoms with E-state index in [1.165, 1.54) is 16.4 Å². The molecule has 0 atom stereocenters. The molecular formula is C17H18BrNO4S. The highest BCUT2D eigenvalue weighted by Crippen LogP contribution is 2.27. The van der Waals surface area contributed by atoms with Crippen LogP contribution in [0.25, 0.3) is 0 Å². The zero-order valence-electron chi connectivity index (χ0n) is 13.1. The monoisotopic (exact) mass is 411 g/mol. The lowest BCUT2D eigenvalue weighted by atomic mass is 10.2. The van der Waals surface area contributed by atoms with Crippen LogP contribution in [0.2, 0.25) is 0 Å². The van der Waals surface area contributed by atoms with Crippen LogP contribution in [-0.2, 0) is 14.8 Å². The van der Waals surface area contributed by atoms with Crippen LogP contribution in [0.4, 0.5) is 5.69 Å². The highest BCUT2D eigenvalue weighted by Gasteiger charge is 2.25. The van der Waals surface area contributed by atoms with E-state index >= 15 is 0 Å². The first kappa shape index (κ1) is 18.5. The van der Waals surface area contributed by atoms with E-state index in [4.69, 9.17) is 5.11 Å². The Morgan fingerprint density at radius 1 is 1.12 bits per heavy atom. The third-order valence-corrected chi connectivity index (χ3v) is 5.89. The fraction of sp³-hybridized carbons (Fsp3) is 0.235. The molecule has 0 saturated carbocycles. The lowest BCUT2D eigenvalue weighted by Crippen LogP contribution is -2.32. The molecule has 2 aromatic rings. The van der Waals surface area contributed by atoms with Gasteiger partial charge in [0.1, 0.15) is 0 Å². The third-order valence-electron chi connectivity index (χ3n) is 3.54. The van der Waals surface area contributed by atoms with Crippen molar-refractivity contribution < 1.29 is 18.3 Å². The lowest BCUT2D eigenvalue weighted by molar-refractivity contribution is -0.137. The quantitative estimate of drug-likeness (QED) is 0.751. The minimum absolute atomic E-state index is 0.0851. The van der Waals surface area contributed by atoms with Crippen molar-refractivity contribution in [1.29, 1.82) is 0 Å². The minimum Gasteiger partial charge on any atom is -0.481 e. The van der Waals surface area contributed by atoms with Gasteiger partial charge < -0.3 is 5.11 Å². The molecule has 0 aliphatic carbocycles. The van der Waals surface area contributed by atoms with Crippen LogP contribution in [0.3, 0.4) is 0 Å². The van der Waals surface area contributed by atoms with Crippen molar-refractivity contribution in [1.82, 2.24) is 0 Å². The number of hydrogen-bond donors (Lipinski definition) is 1. The molecule has 128 valence electrons. The largest absolute Gasteiger partial charge is 0.481 e. The van der Waals surface area contributed by atoms with Crippen molar-refractivity contribution in [3.63, 3.8) is 0 Å². The number of carbonyl (C=O) groups is 1. The fourth-order valence-electron chi connectivity index (χ4n) is 2.32. The van der Waals surface area contributed by atoms with Gasteiger partial charge in [-0.25, -0.2) is 8.42 Å². The van der Waals surface area contributed by atoms with E-state index in [0.717, 1.165) is 10.0 Å². The zero-order valence-corrected chi connectivity index (χ0v) is 15.5. The maximum absolute atomic E-state index is 13.0. The Labute approximate surface area is 150 Å². The topological polar surface area (TPSA) is 74.7 Å². The van der Waals surface area contributed by atoms with E-state index in [-0.39, 0.29) is 24.3 Å². The fourth-order valence-corrected chi connectivity index (χ4v) is 4.15. The molecule has 0 bridgehead atoms. The Bertz CT molecular complexity index is 819. The van der Waals surface area contributed by atoms with Crippen LogP contribution in [0, 0.1) is 6.92 Å². The molecule has 24 heavy (non-hydrogen) atoms. The molecule has 0 amide bonds. The predicted molar refractivity (Wildman–Crippen MR) is 96.7 cm³/mol. The van der Waals surface area contributed by atoms with Crippen molar-refractivity contribution in [2.75, 3.05) is 10.8 Å². The molecule has 0 saturated heterocycles. The summed E-state index contributed by atoms with van der Waals surface area (Å²) in [6.07, 6.45) is 0.150. The Morgan fingerprint density at radius 2 is 1.75 bits per heavy atom. The number of sulfonamides is 1. The zero-order chi connectivity index (χ0) is 17.7. The lowest BCUT2D eigenvalue weighted by Gasteiger charge is -2.26. The first-order chi connectivity index (χ1) is 11.3. The van der Waals surface area contributed by atoms with E-state index in [1.54, 1.807) is 24.3 Å². The van der Waals surface area contributed by atoms with Crippen LogP contribution in [0.15, 0.2) is 57.9 Å². The molecule has 2 aromatic carbocycles. The van der Waals surface area contributed by atoms with Crippen LogP contribution >= 0.6 is 15.9 Å². The summed E-state index contributed by atoms with van der Waals surface area (Å²) in [5.74, 6) is -0.944. The summed E-state index contributed by atoms with van der Waals surface area (Å²) in [7, 11) is -3.77. The van der Waals surface area contributed by atoms with Crippen LogP contribution < -0.4 is 4.31 Å². The standard InChI is InChI=1S/C17H18BrNO4S/c1-13-5-2-3-6-16(13)19(12-4-7-17(20)21)24(22,23)15-10-8-14(18)9-11-15/h2-3,5-6,8-11H,4,7,12H2,1H3,(H,20,21). The summed E-state index contributed by atoms with van der Waals surface area (Å²) in [5, 5.41) is 8.83. The number of rotatable bonds is 7. The van der Waals surface area contributed by atoms with Gasteiger partial charge in [0.25, 0.3) is 10.0 Å². The van der Waals surface area contributed by atoms with Gasteiger partial charge in [-0.1, -0.05) is 34.1 Å². The minimum atomic E-state index is -3.77. The SMILES string of the molecule is Cc1ccccc1N(CCCC(=O)O)S(=O)(=O)c1ccc(Br)cc1. The summed E-state index contributed by atoms with van der Waals surface area (Å²) >= 11 is 3.29. The molecule has 0 unspecified atom stereocenters. The number of anilines is 1. The Balaban J connectivity index is 2.42. The first-order valence-electron chi connectivity index (χ1n) is 7.38. The van der Waals surface area contributed by atoms with Gasteiger partial charge in [0.05, 0.1) is 10.6 Å². The van der Waals surface area contributed by atoms with Crippen molar-refractivity contribution >= 4 is 37.6 Å². The molecule has 0 spiro atoms. The second kappa shape index (κ2) is 7.81. The molecule has 5 nitrogen and oxygen atoms in total. The Morgan fingerprint density at radius 3 is 2.33 bits per heavy atom. The van der Waals surface area contributed by atoms with Crippen molar-refractivity contribution in [3.05, 3.63) is 58.6 Å². The molecule has 0 aliphatic rings. The number of hydrogen-bond acceptors (Lipinski definition) is 3. The second-order valence-corrected chi connectivity index (χ2v) is 8.09. The molecule has 1 N–H and O–H groups in total. The average molecular weight is 412 g/mol. The Hall–Kier alpha value is -1.86. The third kappa shape index (κ3) is 4.36. The van der Waals surface area contributed by atoms with E-state index < -0.39 is 16.0 Å². The van der Waals surface area contributed by atoms with Crippen LogP contribution in [0.1, 0.15) is 18.4 Å². The van der Waals surface area contributed by atoms with Gasteiger partial charge in [0.15, 0.2) is 0 Å². The second-order valence-electron chi connectivity index (χ2n) is 5.31. The molecule has 7 heteroatoms. The summed E-state index contributed by atoms with van der Waals surface area (Å²) in [6.45, 7) is 1.94. The van der Waals surface area contributed by atoms with Crippen molar-refractivity contribution in [2.45, 2.75) is 24.7 Å². The normalized spacial score (nSPS) is 11.2. The van der Waals surface area contributed by atoms with Gasteiger partial charge >= 0.3 is 5.97 Å². The molecule has 0 fully saturated rings. The van der Waals surface area contributed by atoms with Gasteiger partial charge in [-0.2, -0.15) is 0 Å². The number of para-hydroxylation sites is 1. The van der Waals surface area contributed by atoms with Crippen LogP contribution in [0.5, 0.6) is 0 Å². The van der Waals surface area contributed by atoms with E-state index in [9.17, 15) is 13.2 Å². The highest BCUT2D eigenvalue weighted by molar-refractivity contribution is 9.10. The number of nitrogens with zero attached hydrogens (tertiary/aromatic N) is 1. The van der Waals surface area contributed by atoms with Crippen molar-refractivity contribution in [2.24, 2.45) is 0 Å². The predicted octanol–water partition coefficient (Wildman–Crippen LogP) is 3.82. The van der Waals surface area contributed by atoms with Gasteiger partial charge in [0, 0.05) is 17.4 Å². The van der Waals surface area contributed by atoms with Gasteiger partial charge in [0.2, 0.25) is 0 Å². The van der Waals surface area contributed by atoms with Crippen molar-refractivity contribution in [3.8, 4) is 0 Å². The van der Waals surface area contributed by atoms with Gasteiger partial charge in [-0.15, -0.1) is 0 Å². The smallest absolute Gasteiger partial charge is 0.303 e. The maximum Gasteiger partial charge on any atom is 0.303 e. The van der Waals surface area contributed by atoms with Crippen LogP contribution in [-0.4, -0.2) is 26.0 Å². The van der Waals surface area contributed by atoms with E-state index in [0.29, 0.717) is 5.69 Å². The maximum atomic E-state index is 13.0. The van der Waals surface area contributed by atoms with E-state index in [2.05, 4.69) is 15.9 Å². The number of halogens is 1. The average Bonchev–Trinajstić information content (AvgIpc) is 2.52. The highest BCUT2D eigenvalue weighted by atomic mass is 79.9. The molecular weight excluding hydrogens is 394 g/mol. The number of aryl methyl sites for hydroxylation is 1. The molecule has 0 radical (unpaired) electrons. The number of carboxylic acids is 1. The molecule has 0 heterocycles.